The average molecular weight is 466 g/mol. The first-order valence-electron chi connectivity index (χ1n) is 8.34. The molecule has 1 aliphatic rings. The first kappa shape index (κ1) is 27.2. The van der Waals surface area contributed by atoms with Crippen molar-refractivity contribution in [2.45, 2.75) is 33.1 Å². The van der Waals surface area contributed by atoms with Gasteiger partial charge in [0.25, 0.3) is 11.7 Å². The maximum absolute atomic E-state index is 11.6. The van der Waals surface area contributed by atoms with Crippen LogP contribution in [0.3, 0.4) is 0 Å². The van der Waals surface area contributed by atoms with Crippen molar-refractivity contribution in [1.29, 1.82) is 0 Å². The molecule has 1 heterocycles. The minimum atomic E-state index is -4.62. The van der Waals surface area contributed by atoms with Gasteiger partial charge in [-0.05, 0) is 42.8 Å². The Kier molecular flexibility index (Phi) is 12.0. The maximum atomic E-state index is 11.6. The van der Waals surface area contributed by atoms with Crippen LogP contribution in [-0.2, 0) is 4.79 Å². The molecule has 0 saturated heterocycles. The molecule has 9 heteroatoms. The third-order valence-corrected chi connectivity index (χ3v) is 3.89. The molecule has 0 unspecified atom stereocenters. The van der Waals surface area contributed by atoms with Crippen LogP contribution in [0.2, 0.25) is 0 Å². The van der Waals surface area contributed by atoms with Crippen molar-refractivity contribution in [3.05, 3.63) is 65.0 Å². The summed E-state index contributed by atoms with van der Waals surface area (Å²) >= 11 is 3.09. The maximum Gasteiger partial charge on any atom is 1.00 e. The van der Waals surface area contributed by atoms with Crippen LogP contribution in [0, 0.1) is 13.8 Å². The minimum absolute atomic E-state index is 0. The molecule has 0 bridgehead atoms. The molecule has 3 rings (SSSR count). The molecule has 1 N–H and O–H groups in total. The Bertz CT molecular complexity index is 810. The van der Waals surface area contributed by atoms with Crippen LogP contribution in [0.25, 0.3) is 0 Å². The van der Waals surface area contributed by atoms with E-state index >= 15 is 0 Å². The van der Waals surface area contributed by atoms with Crippen LogP contribution in [0.5, 0.6) is 5.75 Å². The summed E-state index contributed by atoms with van der Waals surface area (Å²) < 4.78 is 39.2. The van der Waals surface area contributed by atoms with Crippen LogP contribution in [0.15, 0.2) is 46.9 Å². The largest absolute Gasteiger partial charge is 1.00 e. The van der Waals surface area contributed by atoms with E-state index in [0.717, 1.165) is 12.0 Å². The number of Topliss-reactive ketones (excluding diaryl/α,β-unsaturated/α-hetero) is 1. The zero-order valence-electron chi connectivity index (χ0n) is 16.4. The molecule has 2 aromatic rings. The van der Waals surface area contributed by atoms with Crippen molar-refractivity contribution in [3.63, 3.8) is 0 Å². The van der Waals surface area contributed by atoms with Crippen molar-refractivity contribution in [2.75, 3.05) is 5.32 Å². The second-order valence-corrected chi connectivity index (χ2v) is 6.55. The van der Waals surface area contributed by atoms with Crippen LogP contribution >= 0.6 is 15.9 Å². The van der Waals surface area contributed by atoms with Crippen molar-refractivity contribution < 1.29 is 46.4 Å². The number of halogens is 4. The second-order valence-electron chi connectivity index (χ2n) is 5.64. The summed E-state index contributed by atoms with van der Waals surface area (Å²) in [6, 6.07) is 10.7. The number of benzene rings is 2. The van der Waals surface area contributed by atoms with Gasteiger partial charge in [-0.25, -0.2) is 0 Å². The number of carbonyl (C=O) groups is 2. The molecule has 0 spiro atoms. The summed E-state index contributed by atoms with van der Waals surface area (Å²) in [5.41, 5.74) is 2.07. The Balaban J connectivity index is 0.000000445. The summed E-state index contributed by atoms with van der Waals surface area (Å²) in [5, 5.41) is 2.53. The summed E-state index contributed by atoms with van der Waals surface area (Å²) in [5.74, 6) is -1.18. The number of fused-ring (bicyclic) bond motifs is 1. The molecule has 0 aliphatic carbocycles. The van der Waals surface area contributed by atoms with E-state index in [1.54, 1.807) is 12.1 Å². The van der Waals surface area contributed by atoms with Gasteiger partial charge in [0.2, 0.25) is 0 Å². The number of ether oxygens (including phenoxy) is 1. The number of para-hydroxylation sites is 1. The van der Waals surface area contributed by atoms with Crippen LogP contribution in [0.1, 0.15) is 35.7 Å². The zero-order valence-corrected chi connectivity index (χ0v) is 18.0. The summed E-state index contributed by atoms with van der Waals surface area (Å²) in [7, 11) is 0. The summed E-state index contributed by atoms with van der Waals surface area (Å²) in [4.78, 5) is 22.1. The molecule has 0 aromatic heterocycles. The van der Waals surface area contributed by atoms with Gasteiger partial charge in [-0.3, -0.25) is 9.59 Å². The Hall–Kier alpha value is -1.75. The van der Waals surface area contributed by atoms with Crippen LogP contribution in [0.4, 0.5) is 18.9 Å². The van der Waals surface area contributed by atoms with E-state index in [1.807, 2.05) is 13.0 Å². The third kappa shape index (κ3) is 9.53. The van der Waals surface area contributed by atoms with Gasteiger partial charge in [-0.1, -0.05) is 41.4 Å². The molecule has 29 heavy (non-hydrogen) atoms. The Labute approximate surface area is 188 Å². The number of carbonyl (C=O) groups excluding carboxylic acids is 2. The van der Waals surface area contributed by atoms with Gasteiger partial charge in [-0.15, -0.1) is 13.2 Å². The number of amides is 1. The predicted molar refractivity (Wildman–Crippen MR) is 105 cm³/mol. The van der Waals surface area contributed by atoms with E-state index in [9.17, 15) is 22.8 Å². The summed E-state index contributed by atoms with van der Waals surface area (Å²) in [6.45, 7) is 7.58. The third-order valence-electron chi connectivity index (χ3n) is 3.36. The van der Waals surface area contributed by atoms with Gasteiger partial charge in [0.1, 0.15) is 5.75 Å². The number of nitrogens with one attached hydrogen (secondary N) is 1. The predicted octanol–water partition coefficient (Wildman–Crippen LogP) is 3.10. The van der Waals surface area contributed by atoms with Crippen LogP contribution < -0.4 is 28.9 Å². The number of aryl methyl sites for hydroxylation is 1. The number of anilines is 1. The van der Waals surface area contributed by atoms with Gasteiger partial charge < -0.3 is 17.0 Å². The van der Waals surface area contributed by atoms with Crippen LogP contribution in [-0.4, -0.2) is 18.1 Å². The number of rotatable bonds is 2. The molecule has 1 amide bonds. The molecular weight excluding hydrogens is 446 g/mol. The fraction of sp³-hybridized carbons (Fsp3) is 0.250. The van der Waals surface area contributed by atoms with Gasteiger partial charge in [0.05, 0.1) is 11.3 Å². The quantitative estimate of drug-likeness (QED) is 0.421. The van der Waals surface area contributed by atoms with Gasteiger partial charge >= 0.3 is 25.2 Å². The number of hydrogen-bond acceptors (Lipinski definition) is 3. The van der Waals surface area contributed by atoms with Gasteiger partial charge in [0, 0.05) is 4.47 Å². The van der Waals surface area contributed by atoms with Crippen molar-refractivity contribution in [1.82, 2.24) is 0 Å². The van der Waals surface area contributed by atoms with E-state index in [2.05, 4.69) is 39.8 Å². The smallest absolute Gasteiger partial charge is 0.406 e. The topological polar surface area (TPSA) is 55.4 Å². The van der Waals surface area contributed by atoms with Crippen molar-refractivity contribution >= 4 is 33.3 Å². The molecule has 152 valence electrons. The fourth-order valence-electron chi connectivity index (χ4n) is 1.95. The number of ketones is 1. The number of unbranched alkanes of at least 4 members (excludes halogenated alkanes) is 1. The van der Waals surface area contributed by atoms with Crippen molar-refractivity contribution in [3.8, 4) is 5.75 Å². The zero-order chi connectivity index (χ0) is 21.3. The Morgan fingerprint density at radius 2 is 1.66 bits per heavy atom. The number of alkyl halides is 3. The average Bonchev–Trinajstić information content (AvgIpc) is 2.93. The first-order valence-corrected chi connectivity index (χ1v) is 9.14. The van der Waals surface area contributed by atoms with E-state index in [-0.39, 0.29) is 24.6 Å². The minimum Gasteiger partial charge on any atom is -0.406 e. The molecule has 2 aromatic carbocycles. The van der Waals surface area contributed by atoms with Gasteiger partial charge in [-0.2, -0.15) is 6.42 Å². The number of hydrogen-bond donors (Lipinski definition) is 1. The van der Waals surface area contributed by atoms with E-state index in [0.29, 0.717) is 15.7 Å². The Morgan fingerprint density at radius 1 is 1.10 bits per heavy atom. The SMILES string of the molecule is Cc1cccc2c1NC(=O)C2=O.FC(F)(F)Oc1ccc(Br)cc1.[CH2-]CCC.[Li+]. The van der Waals surface area contributed by atoms with Gasteiger partial charge in [0.15, 0.2) is 0 Å². The fourth-order valence-corrected chi connectivity index (χ4v) is 2.22. The molecule has 4 nitrogen and oxygen atoms in total. The van der Waals surface area contributed by atoms with E-state index < -0.39 is 18.1 Å². The standard InChI is InChI=1S/C9H7NO2.C7H4BrF3O.C4H9.Li/c1-5-3-2-4-6-7(5)10-9(12)8(6)11;8-5-1-3-6(4-2-5)12-7(9,10)11;1-3-4-2;/h2-4H,1H3,(H,10,11,12);1-4H;1,3-4H2,2H3;/q;;-1;+1. The molecule has 0 atom stereocenters. The molecule has 0 saturated carbocycles. The van der Waals surface area contributed by atoms with Crippen molar-refractivity contribution in [2.24, 2.45) is 0 Å². The van der Waals surface area contributed by atoms with E-state index in [4.69, 9.17) is 0 Å². The van der Waals surface area contributed by atoms with E-state index in [1.165, 1.54) is 30.7 Å². The molecule has 1 aliphatic heterocycles. The summed E-state index contributed by atoms with van der Waals surface area (Å²) in [6.07, 6.45) is -2.34. The first-order chi connectivity index (χ1) is 13.1. The molecular formula is C20H20BrF3LiNO3. The normalized spacial score (nSPS) is 11.7. The monoisotopic (exact) mass is 465 g/mol. The second kappa shape index (κ2) is 12.7. The Morgan fingerprint density at radius 3 is 2.10 bits per heavy atom. The molecule has 0 radical (unpaired) electrons. The molecule has 0 fully saturated rings.